The van der Waals surface area contributed by atoms with Crippen LogP contribution < -0.4 is 0 Å². The monoisotopic (exact) mass is 191 g/mol. The van der Waals surface area contributed by atoms with E-state index >= 15 is 0 Å². The summed E-state index contributed by atoms with van der Waals surface area (Å²) in [5, 5.41) is 0. The van der Waals surface area contributed by atoms with Gasteiger partial charge in [-0.05, 0) is 18.3 Å². The van der Waals surface area contributed by atoms with Crippen LogP contribution in [0.1, 0.15) is 32.6 Å². The molecule has 2 unspecified atom stereocenters. The summed E-state index contributed by atoms with van der Waals surface area (Å²) in [7, 11) is -4.01. The van der Waals surface area contributed by atoms with Crippen LogP contribution in [0, 0.1) is 11.8 Å². The van der Waals surface area contributed by atoms with Gasteiger partial charge in [-0.1, -0.05) is 26.2 Å². The van der Waals surface area contributed by atoms with Gasteiger partial charge in [-0.2, -0.15) is 0 Å². The van der Waals surface area contributed by atoms with Crippen molar-refractivity contribution in [1.29, 1.82) is 0 Å². The Balaban J connectivity index is 2.50. The van der Waals surface area contributed by atoms with Crippen LogP contribution in [-0.2, 0) is 10.1 Å². The highest BCUT2D eigenvalue weighted by Crippen LogP contribution is 2.30. The molecule has 0 N–H and O–H groups in total. The van der Waals surface area contributed by atoms with Crippen molar-refractivity contribution in [2.24, 2.45) is 11.8 Å². The SMILES string of the molecule is CC1CCCCC1CS(=O)(=O)[O-]. The average molecular weight is 191 g/mol. The average Bonchev–Trinajstić information content (AvgIpc) is 1.91. The fourth-order valence-corrected chi connectivity index (χ4v) is 2.92. The van der Waals surface area contributed by atoms with E-state index in [0.29, 0.717) is 5.92 Å². The predicted molar refractivity (Wildman–Crippen MR) is 45.7 cm³/mol. The lowest BCUT2D eigenvalue weighted by Crippen LogP contribution is -2.24. The molecule has 3 nitrogen and oxygen atoms in total. The van der Waals surface area contributed by atoms with E-state index < -0.39 is 10.1 Å². The molecule has 0 aromatic carbocycles. The van der Waals surface area contributed by atoms with Gasteiger partial charge in [0.2, 0.25) is 0 Å². The second-order valence-electron chi connectivity index (χ2n) is 3.75. The molecule has 1 rings (SSSR count). The number of hydrogen-bond donors (Lipinski definition) is 0. The molecule has 0 amide bonds. The number of rotatable bonds is 2. The number of hydrogen-bond acceptors (Lipinski definition) is 3. The summed E-state index contributed by atoms with van der Waals surface area (Å²) in [5.41, 5.74) is 0. The summed E-state index contributed by atoms with van der Waals surface area (Å²) in [5.74, 6) is 0.359. The molecule has 72 valence electrons. The second kappa shape index (κ2) is 3.75. The Kier molecular flexibility index (Phi) is 3.12. The summed E-state index contributed by atoms with van der Waals surface area (Å²) in [6.45, 7) is 2.04. The van der Waals surface area contributed by atoms with Crippen molar-refractivity contribution in [3.8, 4) is 0 Å². The van der Waals surface area contributed by atoms with Crippen molar-refractivity contribution in [3.05, 3.63) is 0 Å². The smallest absolute Gasteiger partial charge is 0.0948 e. The molecule has 0 heterocycles. The van der Waals surface area contributed by atoms with Gasteiger partial charge in [0.1, 0.15) is 0 Å². The minimum Gasteiger partial charge on any atom is -0.748 e. The van der Waals surface area contributed by atoms with E-state index in [0.717, 1.165) is 19.3 Å². The van der Waals surface area contributed by atoms with E-state index in [1.165, 1.54) is 6.42 Å². The van der Waals surface area contributed by atoms with Crippen molar-refractivity contribution in [1.82, 2.24) is 0 Å². The Morgan fingerprint density at radius 2 is 1.92 bits per heavy atom. The van der Waals surface area contributed by atoms with Crippen LogP contribution in [0.25, 0.3) is 0 Å². The Morgan fingerprint density at radius 3 is 2.42 bits per heavy atom. The van der Waals surface area contributed by atoms with Gasteiger partial charge in [-0.25, -0.2) is 8.42 Å². The zero-order valence-electron chi connectivity index (χ0n) is 7.32. The molecule has 0 aliphatic heterocycles. The van der Waals surface area contributed by atoms with Gasteiger partial charge < -0.3 is 4.55 Å². The van der Waals surface area contributed by atoms with Crippen molar-refractivity contribution < 1.29 is 13.0 Å². The van der Waals surface area contributed by atoms with E-state index in [9.17, 15) is 13.0 Å². The van der Waals surface area contributed by atoms with E-state index in [1.54, 1.807) is 0 Å². The molecule has 1 aliphatic rings. The largest absolute Gasteiger partial charge is 0.748 e. The summed E-state index contributed by atoms with van der Waals surface area (Å²) in [6, 6.07) is 0. The van der Waals surface area contributed by atoms with Crippen LogP contribution in [0.2, 0.25) is 0 Å². The lowest BCUT2D eigenvalue weighted by Gasteiger charge is -2.29. The summed E-state index contributed by atoms with van der Waals surface area (Å²) in [6.07, 6.45) is 4.23. The lowest BCUT2D eigenvalue weighted by atomic mass is 9.82. The fraction of sp³-hybridized carbons (Fsp3) is 1.00. The van der Waals surface area contributed by atoms with Gasteiger partial charge in [0.25, 0.3) is 0 Å². The summed E-state index contributed by atoms with van der Waals surface area (Å²) >= 11 is 0. The molecule has 0 bridgehead atoms. The first-order chi connectivity index (χ1) is 5.49. The molecule has 12 heavy (non-hydrogen) atoms. The minimum absolute atomic E-state index is 0.112. The molecule has 1 aliphatic carbocycles. The van der Waals surface area contributed by atoms with Gasteiger partial charge in [-0.3, -0.25) is 0 Å². The molecule has 0 saturated heterocycles. The van der Waals surface area contributed by atoms with E-state index in [-0.39, 0.29) is 11.7 Å². The van der Waals surface area contributed by atoms with Gasteiger partial charge in [0.05, 0.1) is 10.1 Å². The third-order valence-electron chi connectivity index (χ3n) is 2.71. The molecule has 2 atom stereocenters. The van der Waals surface area contributed by atoms with Crippen molar-refractivity contribution in [3.63, 3.8) is 0 Å². The highest BCUT2D eigenvalue weighted by Gasteiger charge is 2.22. The molecule has 0 aromatic rings. The molecule has 4 heteroatoms. The standard InChI is InChI=1S/C8H16O3S/c1-7-4-2-3-5-8(7)6-12(9,10)11/h7-8H,2-6H2,1H3,(H,9,10,11)/p-1. The van der Waals surface area contributed by atoms with E-state index in [1.807, 2.05) is 6.92 Å². The topological polar surface area (TPSA) is 57.2 Å². The third-order valence-corrected chi connectivity index (χ3v) is 3.54. The zero-order valence-corrected chi connectivity index (χ0v) is 8.14. The van der Waals surface area contributed by atoms with E-state index in [4.69, 9.17) is 0 Å². The molecule has 1 saturated carbocycles. The molecule has 1 fully saturated rings. The van der Waals surface area contributed by atoms with Crippen molar-refractivity contribution in [2.75, 3.05) is 5.75 Å². The fourth-order valence-electron chi connectivity index (χ4n) is 1.90. The van der Waals surface area contributed by atoms with Crippen LogP contribution in [0.15, 0.2) is 0 Å². The molecule has 0 aromatic heterocycles. The molecular weight excluding hydrogens is 176 g/mol. The van der Waals surface area contributed by atoms with Crippen molar-refractivity contribution >= 4 is 10.1 Å². The first-order valence-corrected chi connectivity index (χ1v) is 6.00. The highest BCUT2D eigenvalue weighted by atomic mass is 32.2. The van der Waals surface area contributed by atoms with Crippen molar-refractivity contribution in [2.45, 2.75) is 32.6 Å². The molecule has 0 radical (unpaired) electrons. The normalized spacial score (nSPS) is 31.8. The highest BCUT2D eigenvalue weighted by molar-refractivity contribution is 7.85. The summed E-state index contributed by atoms with van der Waals surface area (Å²) in [4.78, 5) is 0. The quantitative estimate of drug-likeness (QED) is 0.619. The minimum atomic E-state index is -4.01. The van der Waals surface area contributed by atoms with Gasteiger partial charge in [-0.15, -0.1) is 0 Å². The maximum absolute atomic E-state index is 10.5. The Labute approximate surface area is 73.9 Å². The first-order valence-electron chi connectivity index (χ1n) is 4.42. The maximum Gasteiger partial charge on any atom is 0.0948 e. The Bertz CT molecular complexity index is 233. The molecule has 0 spiro atoms. The zero-order chi connectivity index (χ0) is 9.19. The molecular formula is C8H15O3S-. The lowest BCUT2D eigenvalue weighted by molar-refractivity contribution is 0.274. The Morgan fingerprint density at radius 1 is 1.33 bits per heavy atom. The first kappa shape index (κ1) is 9.99. The van der Waals surface area contributed by atoms with Crippen LogP contribution in [0.3, 0.4) is 0 Å². The van der Waals surface area contributed by atoms with Gasteiger partial charge >= 0.3 is 0 Å². The van der Waals surface area contributed by atoms with Gasteiger partial charge in [0, 0.05) is 5.75 Å². The van der Waals surface area contributed by atoms with E-state index in [2.05, 4.69) is 0 Å². The van der Waals surface area contributed by atoms with Gasteiger partial charge in [0.15, 0.2) is 0 Å². The van der Waals surface area contributed by atoms with Crippen LogP contribution in [0.4, 0.5) is 0 Å². The third kappa shape index (κ3) is 3.11. The maximum atomic E-state index is 10.5. The van der Waals surface area contributed by atoms with Crippen LogP contribution >= 0.6 is 0 Å². The van der Waals surface area contributed by atoms with Crippen LogP contribution in [-0.4, -0.2) is 18.7 Å². The second-order valence-corrected chi connectivity index (χ2v) is 5.19. The summed E-state index contributed by atoms with van der Waals surface area (Å²) < 4.78 is 31.5. The van der Waals surface area contributed by atoms with Crippen LogP contribution in [0.5, 0.6) is 0 Å². The Hall–Kier alpha value is -0.0900. The predicted octanol–water partition coefficient (Wildman–Crippen LogP) is 1.36.